The Morgan fingerprint density at radius 1 is 1.26 bits per heavy atom. The van der Waals surface area contributed by atoms with Crippen LogP contribution in [0, 0.1) is 0 Å². The molecule has 3 aromatic rings. The van der Waals surface area contributed by atoms with Gasteiger partial charge in [-0.05, 0) is 31.2 Å². The highest BCUT2D eigenvalue weighted by Crippen LogP contribution is 2.41. The van der Waals surface area contributed by atoms with Crippen LogP contribution in [0.15, 0.2) is 36.4 Å². The van der Waals surface area contributed by atoms with E-state index in [1.54, 1.807) is 42.5 Å². The molecule has 6 nitrogen and oxygen atoms in total. The Morgan fingerprint density at radius 3 is 2.81 bits per heavy atom. The first-order valence-electron chi connectivity index (χ1n) is 8.68. The number of fused-ring (bicyclic) bond motifs is 2. The van der Waals surface area contributed by atoms with Crippen molar-refractivity contribution < 1.29 is 19.0 Å². The van der Waals surface area contributed by atoms with Gasteiger partial charge in [-0.25, -0.2) is 4.98 Å². The summed E-state index contributed by atoms with van der Waals surface area (Å²) in [6.07, 6.45) is 0. The van der Waals surface area contributed by atoms with Gasteiger partial charge in [0.25, 0.3) is 5.91 Å². The molecule has 140 valence electrons. The molecule has 1 atom stereocenters. The first-order chi connectivity index (χ1) is 13.1. The molecule has 0 fully saturated rings. The second kappa shape index (κ2) is 7.08. The standard InChI is InChI=1S/C20H20N2O4S/c1-12(19-21-14-6-4-5-7-17(14)27-19)22(2)20(23)13-10-15(24-3)18-16(11-13)25-8-9-26-18/h4-7,10-12H,8-9H2,1-3H3/t12-/m0/s1. The van der Waals surface area contributed by atoms with Crippen molar-refractivity contribution in [1.29, 1.82) is 0 Å². The summed E-state index contributed by atoms with van der Waals surface area (Å²) in [5, 5.41) is 0.900. The summed E-state index contributed by atoms with van der Waals surface area (Å²) in [6.45, 7) is 2.89. The highest BCUT2D eigenvalue weighted by molar-refractivity contribution is 7.18. The topological polar surface area (TPSA) is 60.9 Å². The Morgan fingerprint density at radius 2 is 2.04 bits per heavy atom. The lowest BCUT2D eigenvalue weighted by atomic mass is 10.1. The molecule has 0 radical (unpaired) electrons. The number of thiazole rings is 1. The zero-order chi connectivity index (χ0) is 19.0. The fourth-order valence-electron chi connectivity index (χ4n) is 3.01. The molecule has 2 heterocycles. The van der Waals surface area contributed by atoms with Gasteiger partial charge in [-0.3, -0.25) is 4.79 Å². The largest absolute Gasteiger partial charge is 0.493 e. The number of hydrogen-bond acceptors (Lipinski definition) is 6. The fraction of sp³-hybridized carbons (Fsp3) is 0.300. The third kappa shape index (κ3) is 3.19. The molecule has 0 aliphatic carbocycles. The molecule has 0 bridgehead atoms. The van der Waals surface area contributed by atoms with E-state index in [1.807, 2.05) is 31.2 Å². The average molecular weight is 384 g/mol. The van der Waals surface area contributed by atoms with Crippen LogP contribution < -0.4 is 14.2 Å². The summed E-state index contributed by atoms with van der Waals surface area (Å²) in [4.78, 5) is 19.4. The molecule has 1 aliphatic heterocycles. The minimum atomic E-state index is -0.158. The molecule has 1 aliphatic rings. The number of benzene rings is 2. The van der Waals surface area contributed by atoms with Crippen molar-refractivity contribution >= 4 is 27.5 Å². The molecule has 1 amide bonds. The van der Waals surface area contributed by atoms with E-state index in [0.717, 1.165) is 15.2 Å². The van der Waals surface area contributed by atoms with Crippen LogP contribution in [0.25, 0.3) is 10.2 Å². The lowest BCUT2D eigenvalue weighted by Gasteiger charge is -2.25. The number of hydrogen-bond donors (Lipinski definition) is 0. The van der Waals surface area contributed by atoms with Gasteiger partial charge in [-0.1, -0.05) is 12.1 Å². The molecular weight excluding hydrogens is 364 g/mol. The van der Waals surface area contributed by atoms with Gasteiger partial charge in [-0.2, -0.15) is 0 Å². The van der Waals surface area contributed by atoms with Crippen molar-refractivity contribution in [2.75, 3.05) is 27.4 Å². The summed E-state index contributed by atoms with van der Waals surface area (Å²) in [7, 11) is 3.33. The van der Waals surface area contributed by atoms with Crippen molar-refractivity contribution in [2.24, 2.45) is 0 Å². The first-order valence-corrected chi connectivity index (χ1v) is 9.50. The van der Waals surface area contributed by atoms with Crippen molar-refractivity contribution in [3.8, 4) is 17.2 Å². The van der Waals surface area contributed by atoms with E-state index >= 15 is 0 Å². The lowest BCUT2D eigenvalue weighted by Crippen LogP contribution is -2.30. The Bertz CT molecular complexity index is 951. The van der Waals surface area contributed by atoms with Crippen LogP contribution >= 0.6 is 11.3 Å². The molecule has 0 unspecified atom stereocenters. The van der Waals surface area contributed by atoms with Gasteiger partial charge in [-0.15, -0.1) is 11.3 Å². The molecule has 1 aromatic heterocycles. The minimum absolute atomic E-state index is 0.128. The molecule has 27 heavy (non-hydrogen) atoms. The maximum atomic E-state index is 13.1. The number of amides is 1. The van der Waals surface area contributed by atoms with Crippen LogP contribution in [-0.4, -0.2) is 43.2 Å². The van der Waals surface area contributed by atoms with Gasteiger partial charge < -0.3 is 19.1 Å². The number of carbonyl (C=O) groups is 1. The summed E-state index contributed by atoms with van der Waals surface area (Å²) in [5.74, 6) is 1.45. The van der Waals surface area contributed by atoms with E-state index in [-0.39, 0.29) is 11.9 Å². The summed E-state index contributed by atoms with van der Waals surface area (Å²) in [5.41, 5.74) is 1.44. The second-order valence-corrected chi connectivity index (χ2v) is 7.38. The smallest absolute Gasteiger partial charge is 0.254 e. The van der Waals surface area contributed by atoms with E-state index in [0.29, 0.717) is 36.0 Å². The lowest BCUT2D eigenvalue weighted by molar-refractivity contribution is 0.0740. The van der Waals surface area contributed by atoms with Crippen LogP contribution in [0.5, 0.6) is 17.2 Å². The number of ether oxygens (including phenoxy) is 3. The molecule has 7 heteroatoms. The molecule has 4 rings (SSSR count). The zero-order valence-corrected chi connectivity index (χ0v) is 16.2. The highest BCUT2D eigenvalue weighted by Gasteiger charge is 2.26. The molecule has 0 spiro atoms. The zero-order valence-electron chi connectivity index (χ0n) is 15.4. The Hall–Kier alpha value is -2.80. The van der Waals surface area contributed by atoms with Gasteiger partial charge in [0.05, 0.1) is 23.4 Å². The second-order valence-electron chi connectivity index (χ2n) is 6.31. The van der Waals surface area contributed by atoms with Gasteiger partial charge in [0.15, 0.2) is 11.5 Å². The van der Waals surface area contributed by atoms with E-state index in [2.05, 4.69) is 4.98 Å². The number of aromatic nitrogens is 1. The van der Waals surface area contributed by atoms with Crippen LogP contribution in [0.3, 0.4) is 0 Å². The number of para-hydroxylation sites is 1. The number of rotatable bonds is 4. The summed E-state index contributed by atoms with van der Waals surface area (Å²) >= 11 is 1.60. The predicted octanol–water partition coefficient (Wildman–Crippen LogP) is 3.91. The molecular formula is C20H20N2O4S. The highest BCUT2D eigenvalue weighted by atomic mass is 32.1. The molecule has 0 saturated heterocycles. The van der Waals surface area contributed by atoms with Gasteiger partial charge >= 0.3 is 0 Å². The Balaban J connectivity index is 1.63. The van der Waals surface area contributed by atoms with Gasteiger partial charge in [0, 0.05) is 12.6 Å². The summed E-state index contributed by atoms with van der Waals surface area (Å²) in [6, 6.07) is 11.2. The van der Waals surface area contributed by atoms with E-state index in [1.165, 1.54) is 0 Å². The van der Waals surface area contributed by atoms with Crippen LogP contribution in [0.1, 0.15) is 28.3 Å². The van der Waals surface area contributed by atoms with Crippen molar-refractivity contribution in [3.05, 3.63) is 47.0 Å². The van der Waals surface area contributed by atoms with Gasteiger partial charge in [0.1, 0.15) is 18.2 Å². The van der Waals surface area contributed by atoms with Crippen LogP contribution in [-0.2, 0) is 0 Å². The van der Waals surface area contributed by atoms with Gasteiger partial charge in [0.2, 0.25) is 5.75 Å². The molecule has 0 saturated carbocycles. The Kier molecular flexibility index (Phi) is 4.61. The quantitative estimate of drug-likeness (QED) is 0.683. The van der Waals surface area contributed by atoms with Crippen molar-refractivity contribution in [1.82, 2.24) is 9.88 Å². The molecule has 0 N–H and O–H groups in total. The summed E-state index contributed by atoms with van der Waals surface area (Å²) < 4.78 is 17.7. The SMILES string of the molecule is COc1cc(C(=O)N(C)[C@@H](C)c2nc3ccccc3s2)cc2c1OCCO2. The number of carbonyl (C=O) groups excluding carboxylic acids is 1. The maximum absolute atomic E-state index is 13.1. The third-order valence-electron chi connectivity index (χ3n) is 4.64. The Labute approximate surface area is 161 Å². The third-order valence-corrected chi connectivity index (χ3v) is 5.85. The van der Waals surface area contributed by atoms with E-state index in [4.69, 9.17) is 14.2 Å². The maximum Gasteiger partial charge on any atom is 0.254 e. The normalized spacial score (nSPS) is 14.0. The van der Waals surface area contributed by atoms with Crippen molar-refractivity contribution in [2.45, 2.75) is 13.0 Å². The average Bonchev–Trinajstić information content (AvgIpc) is 3.15. The van der Waals surface area contributed by atoms with E-state index in [9.17, 15) is 4.79 Å². The molecule has 2 aromatic carbocycles. The van der Waals surface area contributed by atoms with E-state index < -0.39 is 0 Å². The van der Waals surface area contributed by atoms with Crippen LogP contribution in [0.4, 0.5) is 0 Å². The fourth-order valence-corrected chi connectivity index (χ4v) is 4.07. The number of methoxy groups -OCH3 is 1. The monoisotopic (exact) mass is 384 g/mol. The first kappa shape index (κ1) is 17.6. The number of nitrogens with zero attached hydrogens (tertiary/aromatic N) is 2. The minimum Gasteiger partial charge on any atom is -0.493 e. The predicted molar refractivity (Wildman–Crippen MR) is 104 cm³/mol. The van der Waals surface area contributed by atoms with Crippen molar-refractivity contribution in [3.63, 3.8) is 0 Å². The van der Waals surface area contributed by atoms with Crippen LogP contribution in [0.2, 0.25) is 0 Å².